The summed E-state index contributed by atoms with van der Waals surface area (Å²) >= 11 is 0. The summed E-state index contributed by atoms with van der Waals surface area (Å²) in [5.74, 6) is -11.1. The zero-order valence-corrected chi connectivity index (χ0v) is 11.5. The van der Waals surface area contributed by atoms with E-state index in [1.807, 2.05) is 0 Å². The normalized spacial score (nSPS) is 14.1. The second kappa shape index (κ2) is 6.56. The Morgan fingerprint density at radius 2 is 1.73 bits per heavy atom. The van der Waals surface area contributed by atoms with Gasteiger partial charge in [-0.2, -0.15) is 22.0 Å². The van der Waals surface area contributed by atoms with Gasteiger partial charge in [-0.1, -0.05) is 6.58 Å². The van der Waals surface area contributed by atoms with Gasteiger partial charge in [-0.15, -0.1) is 0 Å². The second-order valence-electron chi connectivity index (χ2n) is 3.74. The van der Waals surface area contributed by atoms with E-state index in [0.29, 0.717) is 6.92 Å². The van der Waals surface area contributed by atoms with Crippen LogP contribution in [0, 0.1) is 0 Å². The summed E-state index contributed by atoms with van der Waals surface area (Å²) in [5.41, 5.74) is 0. The zero-order valence-electron chi connectivity index (χ0n) is 10.6. The lowest BCUT2D eigenvalue weighted by Gasteiger charge is -2.24. The van der Waals surface area contributed by atoms with E-state index in [4.69, 9.17) is 0 Å². The van der Waals surface area contributed by atoms with Gasteiger partial charge in [0.2, 0.25) is 5.83 Å². The van der Waals surface area contributed by atoms with E-state index in [9.17, 15) is 44.5 Å². The third-order valence-electron chi connectivity index (χ3n) is 2.03. The lowest BCUT2D eigenvalue weighted by Crippen LogP contribution is -2.45. The molecule has 0 radical (unpaired) electrons. The highest BCUT2D eigenvalue weighted by Gasteiger charge is 2.51. The molecule has 0 aromatic rings. The van der Waals surface area contributed by atoms with E-state index in [0.717, 1.165) is 0 Å². The van der Waals surface area contributed by atoms with Gasteiger partial charge in [0, 0.05) is 0 Å². The summed E-state index contributed by atoms with van der Waals surface area (Å²) in [6.07, 6.45) is -2.64. The molecule has 0 fully saturated rings. The predicted molar refractivity (Wildman–Crippen MR) is 56.4 cm³/mol. The largest absolute Gasteiger partial charge is 0.743 e. The van der Waals surface area contributed by atoms with E-state index < -0.39 is 51.8 Å². The third-order valence-corrected chi connectivity index (χ3v) is 2.87. The third kappa shape index (κ3) is 4.91. The molecule has 22 heavy (non-hydrogen) atoms. The number of hydrogen-bond acceptors (Lipinski definition) is 7. The fraction of sp³-hybridized carbons (Fsp3) is 0.556. The number of rotatable bonds is 7. The fourth-order valence-electron chi connectivity index (χ4n) is 0.782. The van der Waals surface area contributed by atoms with Gasteiger partial charge in [0.15, 0.2) is 22.8 Å². The number of alkyl halides is 4. The summed E-state index contributed by atoms with van der Waals surface area (Å²) in [7, 11) is -6.25. The van der Waals surface area contributed by atoms with Crippen LogP contribution in [0.2, 0.25) is 0 Å². The molecule has 0 saturated heterocycles. The highest BCUT2D eigenvalue weighted by Crippen LogP contribution is 2.26. The standard InChI is InChI=1S/C9H9F5O7S/c1-4(10)6(15)21-5(2)9(13,14)7(16)20-3-8(11,12)22(17,18)19/h5H,1,3H2,2H3,(H,17,18,19)/p-1. The molecule has 0 aliphatic heterocycles. The van der Waals surface area contributed by atoms with Crippen molar-refractivity contribution in [3.8, 4) is 0 Å². The lowest BCUT2D eigenvalue weighted by molar-refractivity contribution is -0.198. The first kappa shape index (κ1) is 20.2. The second-order valence-corrected chi connectivity index (χ2v) is 5.25. The van der Waals surface area contributed by atoms with E-state index in [2.05, 4.69) is 16.1 Å². The highest BCUT2D eigenvalue weighted by atomic mass is 32.2. The molecule has 0 aromatic carbocycles. The number of esters is 2. The molecule has 0 aliphatic carbocycles. The topological polar surface area (TPSA) is 110 Å². The molecule has 1 atom stereocenters. The summed E-state index contributed by atoms with van der Waals surface area (Å²) in [6.45, 7) is 0.367. The van der Waals surface area contributed by atoms with Crippen molar-refractivity contribution >= 4 is 22.1 Å². The Morgan fingerprint density at radius 3 is 2.09 bits per heavy atom. The number of halogens is 5. The maximum Gasteiger partial charge on any atom is 0.381 e. The molecule has 0 bridgehead atoms. The van der Waals surface area contributed by atoms with E-state index in [-0.39, 0.29) is 0 Å². The molecule has 1 unspecified atom stereocenters. The van der Waals surface area contributed by atoms with Crippen molar-refractivity contribution in [2.45, 2.75) is 24.2 Å². The highest BCUT2D eigenvalue weighted by molar-refractivity contribution is 7.86. The molecule has 0 aromatic heterocycles. The van der Waals surface area contributed by atoms with Crippen LogP contribution in [0.25, 0.3) is 0 Å². The molecule has 0 saturated carbocycles. The van der Waals surface area contributed by atoms with Crippen LogP contribution in [0.1, 0.15) is 6.92 Å². The maximum absolute atomic E-state index is 13.3. The zero-order chi connectivity index (χ0) is 17.9. The molecule has 0 amide bonds. The minimum atomic E-state index is -6.25. The van der Waals surface area contributed by atoms with Gasteiger partial charge in [-0.05, 0) is 6.92 Å². The Kier molecular flexibility index (Phi) is 6.03. The van der Waals surface area contributed by atoms with Crippen LogP contribution < -0.4 is 0 Å². The van der Waals surface area contributed by atoms with Crippen LogP contribution in [0.15, 0.2) is 12.4 Å². The van der Waals surface area contributed by atoms with E-state index in [1.54, 1.807) is 0 Å². The van der Waals surface area contributed by atoms with Crippen LogP contribution in [0.3, 0.4) is 0 Å². The molecular formula is C9H8F5O7S-. The first-order valence-electron chi connectivity index (χ1n) is 5.06. The van der Waals surface area contributed by atoms with E-state index in [1.165, 1.54) is 0 Å². The van der Waals surface area contributed by atoms with Gasteiger partial charge in [0.05, 0.1) is 0 Å². The molecule has 0 spiro atoms. The van der Waals surface area contributed by atoms with Crippen LogP contribution in [0.5, 0.6) is 0 Å². The molecular weight excluding hydrogens is 347 g/mol. The molecule has 0 N–H and O–H groups in total. The Balaban J connectivity index is 4.90. The number of ether oxygens (including phenoxy) is 2. The Bertz CT molecular complexity index is 571. The summed E-state index contributed by atoms with van der Waals surface area (Å²) in [4.78, 5) is 21.6. The quantitative estimate of drug-likeness (QED) is 0.286. The van der Waals surface area contributed by atoms with Crippen molar-refractivity contribution in [2.24, 2.45) is 0 Å². The summed E-state index contributed by atoms with van der Waals surface area (Å²) < 4.78 is 101. The van der Waals surface area contributed by atoms with Crippen molar-refractivity contribution in [1.82, 2.24) is 0 Å². The monoisotopic (exact) mass is 355 g/mol. The fourth-order valence-corrected chi connectivity index (χ4v) is 0.986. The molecule has 128 valence electrons. The number of carbonyl (C=O) groups excluding carboxylic acids is 2. The summed E-state index contributed by atoms with van der Waals surface area (Å²) in [5, 5.41) is -5.13. The van der Waals surface area contributed by atoms with Crippen molar-refractivity contribution < 1.29 is 54.0 Å². The predicted octanol–water partition coefficient (Wildman–Crippen LogP) is 0.718. The van der Waals surface area contributed by atoms with Gasteiger partial charge < -0.3 is 14.0 Å². The maximum atomic E-state index is 13.3. The molecule has 0 rings (SSSR count). The van der Waals surface area contributed by atoms with Crippen molar-refractivity contribution in [3.63, 3.8) is 0 Å². The minimum absolute atomic E-state index is 0.407. The van der Waals surface area contributed by atoms with Crippen LogP contribution >= 0.6 is 0 Å². The van der Waals surface area contributed by atoms with Crippen molar-refractivity contribution in [1.29, 1.82) is 0 Å². The first-order chi connectivity index (χ1) is 9.63. The average molecular weight is 355 g/mol. The molecule has 0 heterocycles. The van der Waals surface area contributed by atoms with Crippen molar-refractivity contribution in [2.75, 3.05) is 6.61 Å². The van der Waals surface area contributed by atoms with Gasteiger partial charge >= 0.3 is 23.1 Å². The van der Waals surface area contributed by atoms with Crippen LogP contribution in [-0.2, 0) is 29.2 Å². The Hall–Kier alpha value is -1.76. The van der Waals surface area contributed by atoms with Gasteiger partial charge in [-0.3, -0.25) is 0 Å². The van der Waals surface area contributed by atoms with Crippen molar-refractivity contribution in [3.05, 3.63) is 12.4 Å². The van der Waals surface area contributed by atoms with Gasteiger partial charge in [-0.25, -0.2) is 18.0 Å². The SMILES string of the molecule is C=C(F)C(=O)OC(C)C(F)(F)C(=O)OCC(F)(F)S(=O)(=O)[O-]. The molecule has 7 nitrogen and oxygen atoms in total. The lowest BCUT2D eigenvalue weighted by atomic mass is 10.2. The first-order valence-corrected chi connectivity index (χ1v) is 6.47. The minimum Gasteiger partial charge on any atom is -0.743 e. The molecule has 13 heteroatoms. The van der Waals surface area contributed by atoms with Gasteiger partial charge in [0.25, 0.3) is 0 Å². The van der Waals surface area contributed by atoms with Crippen LogP contribution in [-0.4, -0.2) is 48.8 Å². The number of hydrogen-bond donors (Lipinski definition) is 0. The van der Waals surface area contributed by atoms with Gasteiger partial charge in [0.1, 0.15) is 0 Å². The smallest absolute Gasteiger partial charge is 0.381 e. The summed E-state index contributed by atoms with van der Waals surface area (Å²) in [6, 6.07) is 0. The van der Waals surface area contributed by atoms with E-state index >= 15 is 0 Å². The molecule has 0 aliphatic rings. The number of carbonyl (C=O) groups is 2. The average Bonchev–Trinajstić information content (AvgIpc) is 2.33. The Labute approximate surface area is 120 Å². The Morgan fingerprint density at radius 1 is 1.27 bits per heavy atom. The van der Waals surface area contributed by atoms with Crippen LogP contribution in [0.4, 0.5) is 22.0 Å².